The maximum Gasteiger partial charge on any atom is 0.0592 e. The van der Waals surface area contributed by atoms with Gasteiger partial charge in [-0.15, -0.1) is 18.2 Å². The number of hydrogen-bond donors (Lipinski definition) is 1. The molecule has 0 spiro atoms. The van der Waals surface area contributed by atoms with Crippen molar-refractivity contribution < 1.29 is 0 Å². The van der Waals surface area contributed by atoms with E-state index in [1.54, 1.807) is 11.8 Å². The molecule has 0 bridgehead atoms. The molecule has 1 rings (SSSR count). The molecule has 0 aromatic heterocycles. The zero-order valence-corrected chi connectivity index (χ0v) is 6.90. The summed E-state index contributed by atoms with van der Waals surface area (Å²) in [6.07, 6.45) is 5.11. The summed E-state index contributed by atoms with van der Waals surface area (Å²) in [5.74, 6) is 3.23. The number of benzene rings is 1. The topological polar surface area (TPSA) is 26.0 Å². The molecule has 0 aliphatic rings. The fraction of sp³-hybridized carbons (Fsp3) is 0.111. The largest absolute Gasteiger partial charge is 0.398 e. The Morgan fingerprint density at radius 2 is 2.18 bits per heavy atom. The van der Waals surface area contributed by atoms with Crippen LogP contribution in [0.15, 0.2) is 29.2 Å². The summed E-state index contributed by atoms with van der Waals surface area (Å²) in [4.78, 5) is 1.06. The lowest BCUT2D eigenvalue weighted by molar-refractivity contribution is 1.46. The summed E-state index contributed by atoms with van der Waals surface area (Å²) in [7, 11) is 0. The molecule has 11 heavy (non-hydrogen) atoms. The van der Waals surface area contributed by atoms with E-state index in [-0.39, 0.29) is 0 Å². The molecule has 2 heteroatoms. The molecule has 1 aromatic rings. The van der Waals surface area contributed by atoms with Crippen LogP contribution in [0, 0.1) is 12.3 Å². The minimum atomic E-state index is 0.675. The van der Waals surface area contributed by atoms with E-state index in [0.717, 1.165) is 10.6 Å². The van der Waals surface area contributed by atoms with Gasteiger partial charge in [-0.05, 0) is 12.1 Å². The summed E-state index contributed by atoms with van der Waals surface area (Å²) >= 11 is 1.59. The van der Waals surface area contributed by atoms with Crippen molar-refractivity contribution >= 4 is 17.4 Å². The van der Waals surface area contributed by atoms with Gasteiger partial charge in [-0.2, -0.15) is 0 Å². The van der Waals surface area contributed by atoms with E-state index in [9.17, 15) is 0 Å². The highest BCUT2D eigenvalue weighted by Gasteiger charge is 1.94. The normalized spacial score (nSPS) is 9.00. The zero-order valence-electron chi connectivity index (χ0n) is 6.08. The molecule has 1 nitrogen and oxygen atoms in total. The Bertz CT molecular complexity index is 275. The minimum absolute atomic E-state index is 0.675. The molecule has 1 aromatic carbocycles. The average molecular weight is 163 g/mol. The first-order valence-electron chi connectivity index (χ1n) is 3.25. The van der Waals surface area contributed by atoms with Crippen LogP contribution < -0.4 is 5.73 Å². The lowest BCUT2D eigenvalue weighted by Gasteiger charge is -2.00. The van der Waals surface area contributed by atoms with Gasteiger partial charge in [0, 0.05) is 10.6 Å². The van der Waals surface area contributed by atoms with Gasteiger partial charge in [0.1, 0.15) is 0 Å². The fourth-order valence-electron chi connectivity index (χ4n) is 0.731. The van der Waals surface area contributed by atoms with Gasteiger partial charge in [-0.25, -0.2) is 0 Å². The maximum absolute atomic E-state index is 5.67. The monoisotopic (exact) mass is 163 g/mol. The fourth-order valence-corrected chi connectivity index (χ4v) is 1.38. The van der Waals surface area contributed by atoms with Gasteiger partial charge in [0.25, 0.3) is 0 Å². The van der Waals surface area contributed by atoms with Crippen LogP contribution >= 0.6 is 11.8 Å². The van der Waals surface area contributed by atoms with Crippen molar-refractivity contribution in [3.05, 3.63) is 24.3 Å². The number of anilines is 1. The Balaban J connectivity index is 2.71. The Hall–Kier alpha value is -1.07. The van der Waals surface area contributed by atoms with Crippen LogP contribution in [0.2, 0.25) is 0 Å². The number of nitrogens with two attached hydrogens (primary N) is 1. The van der Waals surface area contributed by atoms with Crippen molar-refractivity contribution in [2.45, 2.75) is 4.90 Å². The third-order valence-corrected chi connectivity index (χ3v) is 2.22. The molecule has 56 valence electrons. The minimum Gasteiger partial charge on any atom is -0.398 e. The van der Waals surface area contributed by atoms with E-state index in [1.165, 1.54) is 0 Å². The Morgan fingerprint density at radius 1 is 1.45 bits per heavy atom. The Labute approximate surface area is 71.0 Å². The van der Waals surface area contributed by atoms with Crippen LogP contribution in [0.3, 0.4) is 0 Å². The van der Waals surface area contributed by atoms with Gasteiger partial charge in [0.05, 0.1) is 5.75 Å². The average Bonchev–Trinajstić information content (AvgIpc) is 2.03. The van der Waals surface area contributed by atoms with E-state index < -0.39 is 0 Å². The van der Waals surface area contributed by atoms with Crippen LogP contribution in [-0.2, 0) is 0 Å². The summed E-state index contributed by atoms with van der Waals surface area (Å²) in [6, 6.07) is 7.71. The van der Waals surface area contributed by atoms with Gasteiger partial charge in [-0.1, -0.05) is 18.1 Å². The van der Waals surface area contributed by atoms with E-state index in [2.05, 4.69) is 5.92 Å². The first kappa shape index (κ1) is 8.03. The SMILES string of the molecule is C#CCSc1ccccc1N. The molecule has 0 amide bonds. The molecule has 0 heterocycles. The molecule has 0 fully saturated rings. The second-order valence-corrected chi connectivity index (χ2v) is 3.05. The number of thioether (sulfide) groups is 1. The maximum atomic E-state index is 5.67. The third kappa shape index (κ3) is 2.21. The van der Waals surface area contributed by atoms with Crippen molar-refractivity contribution in [3.8, 4) is 12.3 Å². The Kier molecular flexibility index (Phi) is 2.88. The van der Waals surface area contributed by atoms with E-state index >= 15 is 0 Å². The third-order valence-electron chi connectivity index (χ3n) is 1.23. The van der Waals surface area contributed by atoms with Crippen molar-refractivity contribution in [2.24, 2.45) is 0 Å². The van der Waals surface area contributed by atoms with Gasteiger partial charge in [-0.3, -0.25) is 0 Å². The molecule has 0 saturated heterocycles. The highest BCUT2D eigenvalue weighted by Crippen LogP contribution is 2.23. The zero-order chi connectivity index (χ0) is 8.10. The van der Waals surface area contributed by atoms with Crippen LogP contribution in [0.5, 0.6) is 0 Å². The second kappa shape index (κ2) is 3.95. The van der Waals surface area contributed by atoms with Gasteiger partial charge in [0.2, 0.25) is 0 Å². The first-order chi connectivity index (χ1) is 5.34. The molecular formula is C9H9NS. The van der Waals surface area contributed by atoms with Crippen molar-refractivity contribution in [1.29, 1.82) is 0 Å². The van der Waals surface area contributed by atoms with Gasteiger partial charge >= 0.3 is 0 Å². The summed E-state index contributed by atoms with van der Waals surface area (Å²) < 4.78 is 0. The van der Waals surface area contributed by atoms with Gasteiger partial charge in [0.15, 0.2) is 0 Å². The molecule has 0 saturated carbocycles. The van der Waals surface area contributed by atoms with Crippen LogP contribution in [0.1, 0.15) is 0 Å². The molecule has 0 aliphatic carbocycles. The number of nitrogen functional groups attached to an aromatic ring is 1. The van der Waals surface area contributed by atoms with E-state index in [1.807, 2.05) is 24.3 Å². The quantitative estimate of drug-likeness (QED) is 0.410. The lowest BCUT2D eigenvalue weighted by Crippen LogP contribution is -1.87. The highest BCUT2D eigenvalue weighted by molar-refractivity contribution is 7.99. The molecule has 2 N–H and O–H groups in total. The van der Waals surface area contributed by atoms with Crippen molar-refractivity contribution in [2.75, 3.05) is 11.5 Å². The number of terminal acetylenes is 1. The number of rotatable bonds is 2. The van der Waals surface area contributed by atoms with Crippen LogP contribution in [0.25, 0.3) is 0 Å². The lowest BCUT2D eigenvalue weighted by atomic mass is 10.3. The van der Waals surface area contributed by atoms with Crippen LogP contribution in [0.4, 0.5) is 5.69 Å². The second-order valence-electron chi connectivity index (χ2n) is 2.03. The molecular weight excluding hydrogens is 154 g/mol. The number of hydrogen-bond acceptors (Lipinski definition) is 2. The van der Waals surface area contributed by atoms with Crippen molar-refractivity contribution in [1.82, 2.24) is 0 Å². The summed E-state index contributed by atoms with van der Waals surface area (Å²) in [5.41, 5.74) is 6.47. The van der Waals surface area contributed by atoms with Crippen LogP contribution in [-0.4, -0.2) is 5.75 Å². The Morgan fingerprint density at radius 3 is 2.82 bits per heavy atom. The molecule has 0 atom stereocenters. The predicted octanol–water partition coefficient (Wildman–Crippen LogP) is 1.99. The molecule has 0 aliphatic heterocycles. The number of para-hydroxylation sites is 1. The standard InChI is InChI=1S/C9H9NS/c1-2-7-11-9-6-4-3-5-8(9)10/h1,3-6H,7,10H2. The first-order valence-corrected chi connectivity index (χ1v) is 4.24. The van der Waals surface area contributed by atoms with Crippen molar-refractivity contribution in [3.63, 3.8) is 0 Å². The smallest absolute Gasteiger partial charge is 0.0592 e. The summed E-state index contributed by atoms with van der Waals surface area (Å²) in [5, 5.41) is 0. The van der Waals surface area contributed by atoms with Gasteiger partial charge < -0.3 is 5.73 Å². The van der Waals surface area contributed by atoms with E-state index in [0.29, 0.717) is 5.75 Å². The predicted molar refractivity (Wildman–Crippen MR) is 50.4 cm³/mol. The van der Waals surface area contributed by atoms with E-state index in [4.69, 9.17) is 12.2 Å². The molecule has 0 unspecified atom stereocenters. The summed E-state index contributed by atoms with van der Waals surface area (Å²) in [6.45, 7) is 0. The highest BCUT2D eigenvalue weighted by atomic mass is 32.2. The molecule has 0 radical (unpaired) electrons.